The summed E-state index contributed by atoms with van der Waals surface area (Å²) in [5.41, 5.74) is 2.89. The molecule has 7 heteroatoms. The van der Waals surface area contributed by atoms with Gasteiger partial charge in [-0.25, -0.2) is 0 Å². The van der Waals surface area contributed by atoms with Gasteiger partial charge in [-0.3, -0.25) is 14.5 Å². The second-order valence-electron chi connectivity index (χ2n) is 11.9. The number of hydrogen-bond donors (Lipinski definition) is 1. The Hall–Kier alpha value is -3.16. The number of nitrogens with one attached hydrogen (secondary N) is 1. The zero-order chi connectivity index (χ0) is 28.1. The molecule has 2 saturated heterocycles. The molecule has 2 atom stereocenters. The summed E-state index contributed by atoms with van der Waals surface area (Å²) in [6.07, 6.45) is 7.75. The Morgan fingerprint density at radius 1 is 1.00 bits per heavy atom. The number of carbonyl (C=O) groups excluding carboxylic acids is 2. The smallest absolute Gasteiger partial charge is 0.248 e. The third-order valence-corrected chi connectivity index (χ3v) is 8.38. The number of hydrogen-bond acceptors (Lipinski definition) is 4. The van der Waals surface area contributed by atoms with Crippen LogP contribution in [0.15, 0.2) is 60.8 Å². The highest BCUT2D eigenvalue weighted by molar-refractivity contribution is 5.99. The molecule has 0 radical (unpaired) electrons. The number of nitrogens with zero attached hydrogens (tertiary/aromatic N) is 3. The minimum Gasteiger partial charge on any atom is -0.373 e. The molecule has 2 unspecified atom stereocenters. The molecule has 2 fully saturated rings. The first-order valence-corrected chi connectivity index (χ1v) is 15.0. The summed E-state index contributed by atoms with van der Waals surface area (Å²) >= 11 is 0. The Bertz CT molecular complexity index is 1300. The summed E-state index contributed by atoms with van der Waals surface area (Å²) in [6.45, 7) is 10.1. The largest absolute Gasteiger partial charge is 0.373 e. The van der Waals surface area contributed by atoms with Crippen LogP contribution >= 0.6 is 0 Å². The number of unbranched alkanes of at least 4 members (excludes halogenated alkanes) is 3. The summed E-state index contributed by atoms with van der Waals surface area (Å²) < 4.78 is 8.96. The molecule has 1 N–H and O–H groups in total. The highest BCUT2D eigenvalue weighted by Gasteiger charge is 2.47. The van der Waals surface area contributed by atoms with Gasteiger partial charge in [0, 0.05) is 62.0 Å². The molecule has 0 spiro atoms. The first-order valence-electron chi connectivity index (χ1n) is 15.0. The Morgan fingerprint density at radius 3 is 2.58 bits per heavy atom. The standard InChI is InChI=1S/C33H44N4O3/c1-4-5-6-12-21-40-30(17-18-35-19-20-37-29(24-35)31(38)34-33(2,3)32(37)39)27-23-36(22-25-13-8-7-9-14-25)28-16-11-10-15-26(27)28/h7-11,13-16,23,29-30H,4-6,12,17-22,24H2,1-3H3,(H,34,38). The zero-order valence-electron chi connectivity index (χ0n) is 24.3. The van der Waals surface area contributed by atoms with Gasteiger partial charge in [-0.05, 0) is 38.3 Å². The van der Waals surface area contributed by atoms with Gasteiger partial charge in [-0.2, -0.15) is 0 Å². The van der Waals surface area contributed by atoms with E-state index in [0.717, 1.165) is 39.1 Å². The molecule has 7 nitrogen and oxygen atoms in total. The van der Waals surface area contributed by atoms with Crippen LogP contribution in [0, 0.1) is 0 Å². The third-order valence-electron chi connectivity index (χ3n) is 8.38. The number of benzene rings is 2. The highest BCUT2D eigenvalue weighted by Crippen LogP contribution is 2.32. The van der Waals surface area contributed by atoms with Crippen LogP contribution in [0.2, 0.25) is 0 Å². The van der Waals surface area contributed by atoms with Crippen molar-refractivity contribution in [3.63, 3.8) is 0 Å². The van der Waals surface area contributed by atoms with Gasteiger partial charge in [0.2, 0.25) is 11.8 Å². The quantitative estimate of drug-likeness (QED) is 0.321. The van der Waals surface area contributed by atoms with E-state index in [1.807, 2.05) is 0 Å². The molecule has 1 aromatic heterocycles. The number of aromatic nitrogens is 1. The van der Waals surface area contributed by atoms with Crippen LogP contribution in [0.5, 0.6) is 0 Å². The minimum absolute atomic E-state index is 0.0104. The van der Waals surface area contributed by atoms with Gasteiger partial charge >= 0.3 is 0 Å². The van der Waals surface area contributed by atoms with Crippen molar-refractivity contribution in [1.29, 1.82) is 0 Å². The van der Waals surface area contributed by atoms with Gasteiger partial charge in [-0.1, -0.05) is 74.7 Å². The molecule has 0 bridgehead atoms. The van der Waals surface area contributed by atoms with E-state index in [1.165, 1.54) is 41.3 Å². The molecule has 3 heterocycles. The van der Waals surface area contributed by atoms with E-state index in [2.05, 4.69) is 82.5 Å². The summed E-state index contributed by atoms with van der Waals surface area (Å²) in [5.74, 6) is -0.0433. The molecule has 0 aliphatic carbocycles. The molecule has 2 aliphatic heterocycles. The molecule has 214 valence electrons. The molecule has 40 heavy (non-hydrogen) atoms. The maximum Gasteiger partial charge on any atom is 0.248 e. The predicted molar refractivity (Wildman–Crippen MR) is 159 cm³/mol. The fourth-order valence-corrected chi connectivity index (χ4v) is 6.14. The van der Waals surface area contributed by atoms with Crippen molar-refractivity contribution in [3.05, 3.63) is 71.9 Å². The Kier molecular flexibility index (Phi) is 8.91. The lowest BCUT2D eigenvalue weighted by molar-refractivity contribution is -0.157. The van der Waals surface area contributed by atoms with Crippen LogP contribution in [-0.2, 0) is 20.9 Å². The van der Waals surface area contributed by atoms with Crippen molar-refractivity contribution in [1.82, 2.24) is 19.7 Å². The molecule has 2 aromatic carbocycles. The second-order valence-corrected chi connectivity index (χ2v) is 11.9. The van der Waals surface area contributed by atoms with Gasteiger partial charge in [0.25, 0.3) is 0 Å². The SMILES string of the molecule is CCCCCCOC(CCN1CCN2C(=O)C(C)(C)NC(=O)C2C1)c1cn(Cc2ccccc2)c2ccccc12. The van der Waals surface area contributed by atoms with Crippen molar-refractivity contribution in [3.8, 4) is 0 Å². The molecule has 0 saturated carbocycles. The summed E-state index contributed by atoms with van der Waals surface area (Å²) in [7, 11) is 0. The Morgan fingerprint density at radius 2 is 1.77 bits per heavy atom. The molecular formula is C33H44N4O3. The lowest BCUT2D eigenvalue weighted by Crippen LogP contribution is -2.72. The van der Waals surface area contributed by atoms with E-state index < -0.39 is 11.6 Å². The van der Waals surface area contributed by atoms with E-state index in [4.69, 9.17) is 4.74 Å². The third kappa shape index (κ3) is 6.26. The van der Waals surface area contributed by atoms with Crippen molar-refractivity contribution < 1.29 is 14.3 Å². The number of ether oxygens (including phenoxy) is 1. The van der Waals surface area contributed by atoms with Crippen molar-refractivity contribution in [2.45, 2.75) is 77.1 Å². The van der Waals surface area contributed by atoms with E-state index in [0.29, 0.717) is 13.1 Å². The average molecular weight is 545 g/mol. The fraction of sp³-hybridized carbons (Fsp3) is 0.515. The number of piperazine rings is 2. The monoisotopic (exact) mass is 544 g/mol. The van der Waals surface area contributed by atoms with Crippen molar-refractivity contribution >= 4 is 22.7 Å². The molecule has 2 amide bonds. The first kappa shape index (κ1) is 28.4. The minimum atomic E-state index is -0.833. The van der Waals surface area contributed by atoms with Gasteiger partial charge in [0.05, 0.1) is 6.10 Å². The van der Waals surface area contributed by atoms with Crippen LogP contribution < -0.4 is 5.32 Å². The van der Waals surface area contributed by atoms with Crippen LogP contribution in [-0.4, -0.2) is 70.5 Å². The van der Waals surface area contributed by atoms with Gasteiger partial charge in [0.1, 0.15) is 11.6 Å². The van der Waals surface area contributed by atoms with E-state index in [-0.39, 0.29) is 17.9 Å². The first-order chi connectivity index (χ1) is 19.4. The summed E-state index contributed by atoms with van der Waals surface area (Å²) in [5, 5.41) is 4.16. The maximum absolute atomic E-state index is 12.9. The van der Waals surface area contributed by atoms with Crippen LogP contribution in [0.3, 0.4) is 0 Å². The normalized spacial score (nSPS) is 20.0. The van der Waals surface area contributed by atoms with Gasteiger partial charge < -0.3 is 19.5 Å². The summed E-state index contributed by atoms with van der Waals surface area (Å²) in [4.78, 5) is 29.9. The van der Waals surface area contributed by atoms with Crippen molar-refractivity contribution in [2.75, 3.05) is 32.8 Å². The van der Waals surface area contributed by atoms with Gasteiger partial charge in [-0.15, -0.1) is 0 Å². The Labute approximate surface area is 238 Å². The lowest BCUT2D eigenvalue weighted by atomic mass is 9.95. The van der Waals surface area contributed by atoms with Crippen LogP contribution in [0.4, 0.5) is 0 Å². The predicted octanol–water partition coefficient (Wildman–Crippen LogP) is 5.14. The zero-order valence-corrected chi connectivity index (χ0v) is 24.3. The number of fused-ring (bicyclic) bond motifs is 2. The molecule has 2 aliphatic rings. The van der Waals surface area contributed by atoms with Crippen LogP contribution in [0.25, 0.3) is 10.9 Å². The van der Waals surface area contributed by atoms with E-state index >= 15 is 0 Å². The molecular weight excluding hydrogens is 500 g/mol. The number of para-hydroxylation sites is 1. The number of rotatable bonds is 12. The maximum atomic E-state index is 12.9. The van der Waals surface area contributed by atoms with Crippen LogP contribution in [0.1, 0.15) is 70.1 Å². The molecule has 3 aromatic rings. The average Bonchev–Trinajstić information content (AvgIpc) is 3.31. The number of amides is 2. The van der Waals surface area contributed by atoms with Gasteiger partial charge in [0.15, 0.2) is 0 Å². The fourth-order valence-electron chi connectivity index (χ4n) is 6.14. The lowest BCUT2D eigenvalue weighted by Gasteiger charge is -2.48. The topological polar surface area (TPSA) is 66.8 Å². The molecule has 5 rings (SSSR count). The Balaban J connectivity index is 1.33. The summed E-state index contributed by atoms with van der Waals surface area (Å²) in [6, 6.07) is 18.8. The second kappa shape index (κ2) is 12.6. The van der Waals surface area contributed by atoms with E-state index in [1.54, 1.807) is 18.7 Å². The van der Waals surface area contributed by atoms with E-state index in [9.17, 15) is 9.59 Å². The highest BCUT2D eigenvalue weighted by atomic mass is 16.5. The van der Waals surface area contributed by atoms with Crippen molar-refractivity contribution in [2.24, 2.45) is 0 Å². The number of carbonyl (C=O) groups is 2.